The van der Waals surface area contributed by atoms with Crippen molar-refractivity contribution in [2.45, 2.75) is 25.8 Å². The number of rotatable bonds is 6. The van der Waals surface area contributed by atoms with Gasteiger partial charge in [0.15, 0.2) is 5.82 Å². The summed E-state index contributed by atoms with van der Waals surface area (Å²) in [5, 5.41) is 11.5. The number of nitrogens with one attached hydrogen (secondary N) is 1. The van der Waals surface area contributed by atoms with Crippen LogP contribution in [0.5, 0.6) is 0 Å². The molecule has 0 unspecified atom stereocenters. The number of amides is 1. The molecular weight excluding hydrogens is 384 g/mol. The topological polar surface area (TPSA) is 111 Å². The number of hydrogen-bond donors (Lipinski definition) is 1. The molecule has 1 aliphatic carbocycles. The van der Waals surface area contributed by atoms with E-state index in [0.29, 0.717) is 32.0 Å². The van der Waals surface area contributed by atoms with Crippen molar-refractivity contribution < 1.29 is 4.79 Å². The number of hydrogen-bond acceptors (Lipinski definition) is 7. The van der Waals surface area contributed by atoms with Crippen LogP contribution in [0, 0.1) is 5.92 Å². The van der Waals surface area contributed by atoms with Crippen LogP contribution in [-0.4, -0.2) is 55.1 Å². The van der Waals surface area contributed by atoms with E-state index in [4.69, 9.17) is 0 Å². The van der Waals surface area contributed by atoms with Gasteiger partial charge in [-0.05, 0) is 30.9 Å². The van der Waals surface area contributed by atoms with Gasteiger partial charge >= 0.3 is 0 Å². The zero-order valence-corrected chi connectivity index (χ0v) is 16.4. The molecule has 0 atom stereocenters. The Bertz CT molecular complexity index is 1120. The molecule has 10 heteroatoms. The first kappa shape index (κ1) is 18.5. The predicted molar refractivity (Wildman–Crippen MR) is 108 cm³/mol. The maximum Gasteiger partial charge on any atom is 0.267 e. The fourth-order valence-corrected chi connectivity index (χ4v) is 3.90. The monoisotopic (exact) mass is 406 g/mol. The van der Waals surface area contributed by atoms with Crippen LogP contribution in [0.3, 0.4) is 0 Å². The number of anilines is 1. The Morgan fingerprint density at radius 2 is 2.03 bits per heavy atom. The predicted octanol–water partition coefficient (Wildman–Crippen LogP) is -0.0397. The van der Waals surface area contributed by atoms with Gasteiger partial charge in [-0.15, -0.1) is 0 Å². The van der Waals surface area contributed by atoms with E-state index in [1.54, 1.807) is 16.9 Å². The first-order valence-electron chi connectivity index (χ1n) is 10.1. The van der Waals surface area contributed by atoms with Gasteiger partial charge in [0.25, 0.3) is 5.56 Å². The smallest absolute Gasteiger partial charge is 0.267 e. The summed E-state index contributed by atoms with van der Waals surface area (Å²) >= 11 is 0. The Morgan fingerprint density at radius 3 is 2.87 bits per heavy atom. The molecule has 0 radical (unpaired) electrons. The average molecular weight is 406 g/mol. The van der Waals surface area contributed by atoms with Crippen LogP contribution in [0.25, 0.3) is 5.82 Å². The van der Waals surface area contributed by atoms with Crippen LogP contribution < -0.4 is 15.8 Å². The Morgan fingerprint density at radius 1 is 1.17 bits per heavy atom. The maximum absolute atomic E-state index is 12.4. The number of aryl methyl sites for hydroxylation is 2. The van der Waals surface area contributed by atoms with E-state index in [9.17, 15) is 9.59 Å². The lowest BCUT2D eigenvalue weighted by molar-refractivity contribution is -0.125. The van der Waals surface area contributed by atoms with Crippen LogP contribution in [0.2, 0.25) is 0 Å². The van der Waals surface area contributed by atoms with E-state index in [2.05, 4.69) is 25.5 Å². The number of carbonyl (C=O) groups is 1. The molecule has 154 valence electrons. The van der Waals surface area contributed by atoms with E-state index in [1.807, 2.05) is 23.2 Å². The molecule has 3 aromatic heterocycles. The van der Waals surface area contributed by atoms with Crippen molar-refractivity contribution in [2.24, 2.45) is 5.92 Å². The summed E-state index contributed by atoms with van der Waals surface area (Å²) in [5.41, 5.74) is 1.97. The summed E-state index contributed by atoms with van der Waals surface area (Å²) in [6, 6.07) is 5.37. The van der Waals surface area contributed by atoms with E-state index >= 15 is 0 Å². The zero-order chi connectivity index (χ0) is 20.5. The molecule has 0 spiro atoms. The Kier molecular flexibility index (Phi) is 4.74. The molecule has 1 saturated heterocycles. The highest BCUT2D eigenvalue weighted by atomic mass is 16.2. The van der Waals surface area contributed by atoms with Gasteiger partial charge in [-0.1, -0.05) is 0 Å². The molecule has 0 bridgehead atoms. The third-order valence-electron chi connectivity index (χ3n) is 5.60. The molecule has 3 aromatic rings. The molecule has 0 saturated carbocycles. The molecule has 1 amide bonds. The van der Waals surface area contributed by atoms with Crippen LogP contribution in [0.4, 0.5) is 5.82 Å². The molecule has 1 fully saturated rings. The minimum atomic E-state index is -0.100. The molecule has 1 aliphatic heterocycles. The minimum absolute atomic E-state index is 0.0122. The molecule has 4 heterocycles. The second kappa shape index (κ2) is 7.69. The van der Waals surface area contributed by atoms with Gasteiger partial charge in [-0.25, -0.2) is 19.3 Å². The van der Waals surface area contributed by atoms with Gasteiger partial charge in [0.2, 0.25) is 5.91 Å². The van der Waals surface area contributed by atoms with Crippen molar-refractivity contribution in [3.05, 3.63) is 58.5 Å². The number of nitrogens with zero attached hydrogens (tertiary/aromatic N) is 7. The molecular formula is C20H22N8O2. The number of carbonyl (C=O) groups excluding carboxylic acids is 1. The summed E-state index contributed by atoms with van der Waals surface area (Å²) in [4.78, 5) is 35.1. The maximum atomic E-state index is 12.4. The molecule has 0 aromatic carbocycles. The fraction of sp³-hybridized carbons (Fsp3) is 0.400. The Hall–Kier alpha value is -3.56. The van der Waals surface area contributed by atoms with E-state index in [0.717, 1.165) is 36.3 Å². The van der Waals surface area contributed by atoms with Gasteiger partial charge in [0.05, 0.1) is 18.2 Å². The highest BCUT2D eigenvalue weighted by molar-refractivity contribution is 5.81. The van der Waals surface area contributed by atoms with E-state index in [1.165, 1.54) is 11.0 Å². The normalized spacial score (nSPS) is 15.7. The lowest BCUT2D eigenvalue weighted by Crippen LogP contribution is -2.54. The summed E-state index contributed by atoms with van der Waals surface area (Å²) in [5.74, 6) is 1.35. The zero-order valence-electron chi connectivity index (χ0n) is 16.4. The van der Waals surface area contributed by atoms with E-state index < -0.39 is 0 Å². The number of fused-ring (bicyclic) bond motifs is 1. The van der Waals surface area contributed by atoms with Crippen LogP contribution >= 0.6 is 0 Å². The summed E-state index contributed by atoms with van der Waals surface area (Å²) in [7, 11) is 0. The van der Waals surface area contributed by atoms with Gasteiger partial charge in [-0.2, -0.15) is 10.2 Å². The molecule has 10 nitrogen and oxygen atoms in total. The lowest BCUT2D eigenvalue weighted by atomic mass is 9.99. The third kappa shape index (κ3) is 3.56. The highest BCUT2D eigenvalue weighted by Gasteiger charge is 2.33. The Balaban J connectivity index is 1.13. The molecule has 2 aliphatic rings. The first-order chi connectivity index (χ1) is 14.7. The summed E-state index contributed by atoms with van der Waals surface area (Å²) < 4.78 is 3.12. The second-order valence-corrected chi connectivity index (χ2v) is 7.61. The third-order valence-corrected chi connectivity index (χ3v) is 5.60. The second-order valence-electron chi connectivity index (χ2n) is 7.61. The van der Waals surface area contributed by atoms with Crippen molar-refractivity contribution >= 4 is 11.7 Å². The van der Waals surface area contributed by atoms with Gasteiger partial charge in [0.1, 0.15) is 12.1 Å². The van der Waals surface area contributed by atoms with E-state index in [-0.39, 0.29) is 17.4 Å². The molecule has 1 N–H and O–H groups in total. The number of aromatic nitrogens is 6. The highest BCUT2D eigenvalue weighted by Crippen LogP contribution is 2.23. The van der Waals surface area contributed by atoms with Crippen molar-refractivity contribution in [2.75, 3.05) is 24.5 Å². The van der Waals surface area contributed by atoms with Crippen molar-refractivity contribution in [3.63, 3.8) is 0 Å². The minimum Gasteiger partial charge on any atom is -0.355 e. The summed E-state index contributed by atoms with van der Waals surface area (Å²) in [6.07, 6.45) is 7.92. The first-order valence-corrected chi connectivity index (χ1v) is 10.1. The SMILES string of the molecule is O=C(NCCn1nc2c(cc1=O)CCC2)C1CN(c2cc(-n3cccn3)ncn2)C1. The van der Waals surface area contributed by atoms with Crippen molar-refractivity contribution in [1.29, 1.82) is 0 Å². The lowest BCUT2D eigenvalue weighted by Gasteiger charge is -2.39. The quantitative estimate of drug-likeness (QED) is 0.611. The van der Waals surface area contributed by atoms with Crippen LogP contribution in [0.1, 0.15) is 17.7 Å². The Labute approximate surface area is 172 Å². The fourth-order valence-electron chi connectivity index (χ4n) is 3.90. The summed E-state index contributed by atoms with van der Waals surface area (Å²) in [6.45, 7) is 1.96. The molecule has 5 rings (SSSR count). The van der Waals surface area contributed by atoms with Gasteiger partial charge < -0.3 is 10.2 Å². The van der Waals surface area contributed by atoms with Crippen LogP contribution in [0.15, 0.2) is 41.7 Å². The molecule has 30 heavy (non-hydrogen) atoms. The largest absolute Gasteiger partial charge is 0.355 e. The van der Waals surface area contributed by atoms with Gasteiger partial charge in [-0.3, -0.25) is 9.59 Å². The average Bonchev–Trinajstić information content (AvgIpc) is 3.39. The van der Waals surface area contributed by atoms with Crippen molar-refractivity contribution in [1.82, 2.24) is 34.8 Å². The van der Waals surface area contributed by atoms with Gasteiger partial charge in [0, 0.05) is 44.2 Å². The van der Waals surface area contributed by atoms with Crippen molar-refractivity contribution in [3.8, 4) is 5.82 Å². The van der Waals surface area contributed by atoms with Crippen LogP contribution in [-0.2, 0) is 24.2 Å². The standard InChI is InChI=1S/C20H22N8O2/c29-19-9-14-3-1-4-16(14)25-28(19)8-6-21-20(30)15-11-26(12-15)17-10-18(23-13-22-17)27-7-2-5-24-27/h2,5,7,9-10,13,15H,1,3-4,6,8,11-12H2,(H,21,30).